The second-order valence-corrected chi connectivity index (χ2v) is 5.55. The van der Waals surface area contributed by atoms with Crippen LogP contribution in [0.15, 0.2) is 12.1 Å². The lowest BCUT2D eigenvalue weighted by molar-refractivity contribution is 0.376. The summed E-state index contributed by atoms with van der Waals surface area (Å²) in [6.07, 6.45) is 3.50. The van der Waals surface area contributed by atoms with Gasteiger partial charge in [0.15, 0.2) is 0 Å². The van der Waals surface area contributed by atoms with Gasteiger partial charge in [-0.25, -0.2) is 4.98 Å². The van der Waals surface area contributed by atoms with Crippen LogP contribution in [0.5, 0.6) is 0 Å². The van der Waals surface area contributed by atoms with E-state index in [1.54, 1.807) is 0 Å². The number of nitrogens with two attached hydrogens (primary N) is 1. The molecule has 2 heterocycles. The third-order valence-electron chi connectivity index (χ3n) is 3.96. The van der Waals surface area contributed by atoms with E-state index in [1.807, 2.05) is 0 Å². The SMILES string of the molecule is CCc1cc(CN)cc(N2CCC(C)CC2C)n1. The summed E-state index contributed by atoms with van der Waals surface area (Å²) in [5.41, 5.74) is 8.13. The lowest BCUT2D eigenvalue weighted by Gasteiger charge is -2.37. The fraction of sp³-hybridized carbons (Fsp3) is 0.667. The average Bonchev–Trinajstić information content (AvgIpc) is 2.38. The van der Waals surface area contributed by atoms with Gasteiger partial charge in [-0.05, 0) is 49.8 Å². The number of aromatic nitrogens is 1. The number of rotatable bonds is 3. The molecule has 1 fully saturated rings. The Bertz CT molecular complexity index is 380. The van der Waals surface area contributed by atoms with Crippen LogP contribution in [0.1, 0.15) is 44.9 Å². The quantitative estimate of drug-likeness (QED) is 0.893. The van der Waals surface area contributed by atoms with Gasteiger partial charge in [-0.3, -0.25) is 0 Å². The van der Waals surface area contributed by atoms with E-state index < -0.39 is 0 Å². The van der Waals surface area contributed by atoms with Gasteiger partial charge in [0.25, 0.3) is 0 Å². The van der Waals surface area contributed by atoms with Gasteiger partial charge in [-0.1, -0.05) is 13.8 Å². The zero-order chi connectivity index (χ0) is 13.1. The molecule has 100 valence electrons. The van der Waals surface area contributed by atoms with Crippen LogP contribution < -0.4 is 10.6 Å². The summed E-state index contributed by atoms with van der Waals surface area (Å²) in [4.78, 5) is 7.21. The van der Waals surface area contributed by atoms with E-state index in [1.165, 1.54) is 18.4 Å². The van der Waals surface area contributed by atoms with Crippen molar-refractivity contribution in [3.63, 3.8) is 0 Å². The molecule has 0 radical (unpaired) electrons. The molecule has 2 atom stereocenters. The summed E-state index contributed by atoms with van der Waals surface area (Å²) in [7, 11) is 0. The summed E-state index contributed by atoms with van der Waals surface area (Å²) in [5, 5.41) is 0. The number of pyridine rings is 1. The van der Waals surface area contributed by atoms with Crippen molar-refractivity contribution < 1.29 is 0 Å². The van der Waals surface area contributed by atoms with Crippen molar-refractivity contribution in [3.8, 4) is 0 Å². The van der Waals surface area contributed by atoms with E-state index in [4.69, 9.17) is 10.7 Å². The van der Waals surface area contributed by atoms with Crippen LogP contribution in [-0.4, -0.2) is 17.6 Å². The van der Waals surface area contributed by atoms with Gasteiger partial charge in [-0.2, -0.15) is 0 Å². The number of anilines is 1. The first-order chi connectivity index (χ1) is 8.63. The minimum Gasteiger partial charge on any atom is -0.354 e. The molecular weight excluding hydrogens is 222 g/mol. The van der Waals surface area contributed by atoms with E-state index in [0.717, 1.165) is 30.4 Å². The maximum atomic E-state index is 5.78. The molecule has 18 heavy (non-hydrogen) atoms. The highest BCUT2D eigenvalue weighted by Gasteiger charge is 2.24. The number of piperidine rings is 1. The first-order valence-corrected chi connectivity index (χ1v) is 7.10. The molecule has 2 rings (SSSR count). The van der Waals surface area contributed by atoms with Crippen LogP contribution in [-0.2, 0) is 13.0 Å². The number of nitrogens with zero attached hydrogens (tertiary/aromatic N) is 2. The summed E-state index contributed by atoms with van der Waals surface area (Å²) in [6, 6.07) is 4.87. The predicted octanol–water partition coefficient (Wildman–Crippen LogP) is 2.73. The Morgan fingerprint density at radius 3 is 2.78 bits per heavy atom. The maximum absolute atomic E-state index is 5.78. The van der Waals surface area contributed by atoms with E-state index >= 15 is 0 Å². The van der Waals surface area contributed by atoms with Gasteiger partial charge in [0, 0.05) is 24.8 Å². The molecule has 3 heteroatoms. The van der Waals surface area contributed by atoms with Crippen molar-refractivity contribution in [1.82, 2.24) is 4.98 Å². The second-order valence-electron chi connectivity index (χ2n) is 5.55. The molecule has 0 saturated carbocycles. The fourth-order valence-electron chi connectivity index (χ4n) is 2.83. The van der Waals surface area contributed by atoms with Crippen LogP contribution in [0.4, 0.5) is 5.82 Å². The van der Waals surface area contributed by atoms with Crippen LogP contribution in [0.25, 0.3) is 0 Å². The highest BCUT2D eigenvalue weighted by Crippen LogP contribution is 2.27. The van der Waals surface area contributed by atoms with Crippen LogP contribution in [0.3, 0.4) is 0 Å². The molecule has 2 N–H and O–H groups in total. The first-order valence-electron chi connectivity index (χ1n) is 7.10. The van der Waals surface area contributed by atoms with E-state index in [-0.39, 0.29) is 0 Å². The fourth-order valence-corrected chi connectivity index (χ4v) is 2.83. The normalized spacial score (nSPS) is 24.3. The smallest absolute Gasteiger partial charge is 0.129 e. The molecule has 3 nitrogen and oxygen atoms in total. The lowest BCUT2D eigenvalue weighted by Crippen LogP contribution is -2.40. The van der Waals surface area contributed by atoms with Crippen LogP contribution in [0.2, 0.25) is 0 Å². The van der Waals surface area contributed by atoms with Crippen molar-refractivity contribution in [3.05, 3.63) is 23.4 Å². The Morgan fingerprint density at radius 2 is 2.17 bits per heavy atom. The van der Waals surface area contributed by atoms with Gasteiger partial charge in [0.2, 0.25) is 0 Å². The molecule has 1 aliphatic heterocycles. The molecule has 1 aliphatic rings. The topological polar surface area (TPSA) is 42.1 Å². The molecular formula is C15H25N3. The van der Waals surface area contributed by atoms with Crippen LogP contribution >= 0.6 is 0 Å². The summed E-state index contributed by atoms with van der Waals surface area (Å²) in [6.45, 7) is 8.51. The number of hydrogen-bond donors (Lipinski definition) is 1. The largest absolute Gasteiger partial charge is 0.354 e. The monoisotopic (exact) mass is 247 g/mol. The van der Waals surface area contributed by atoms with Crippen molar-refractivity contribution in [2.75, 3.05) is 11.4 Å². The third-order valence-corrected chi connectivity index (χ3v) is 3.96. The Balaban J connectivity index is 2.26. The third kappa shape index (κ3) is 2.83. The Kier molecular flexibility index (Phi) is 4.23. The molecule has 2 unspecified atom stereocenters. The highest BCUT2D eigenvalue weighted by molar-refractivity contribution is 5.44. The highest BCUT2D eigenvalue weighted by atomic mass is 15.2. The molecule has 0 bridgehead atoms. The van der Waals surface area contributed by atoms with Crippen LogP contribution in [0, 0.1) is 5.92 Å². The Morgan fingerprint density at radius 1 is 1.39 bits per heavy atom. The van der Waals surface area contributed by atoms with Crippen molar-refractivity contribution >= 4 is 5.82 Å². The van der Waals surface area contributed by atoms with Crippen molar-refractivity contribution in [2.45, 2.75) is 52.6 Å². The van der Waals surface area contributed by atoms with Gasteiger partial charge in [0.1, 0.15) is 5.82 Å². The average molecular weight is 247 g/mol. The molecule has 0 aromatic carbocycles. The minimum atomic E-state index is 0.582. The molecule has 1 aromatic heterocycles. The molecule has 0 aliphatic carbocycles. The Labute approximate surface area is 110 Å². The standard InChI is InChI=1S/C15H25N3/c1-4-14-8-13(10-16)9-15(17-14)18-6-5-11(2)7-12(18)3/h8-9,11-12H,4-7,10,16H2,1-3H3. The second kappa shape index (κ2) is 5.70. The molecule has 1 saturated heterocycles. The predicted molar refractivity (Wildman–Crippen MR) is 76.7 cm³/mol. The Hall–Kier alpha value is -1.09. The van der Waals surface area contributed by atoms with E-state index in [2.05, 4.69) is 37.8 Å². The van der Waals surface area contributed by atoms with Crippen molar-refractivity contribution in [1.29, 1.82) is 0 Å². The zero-order valence-electron chi connectivity index (χ0n) is 11.8. The summed E-state index contributed by atoms with van der Waals surface area (Å²) < 4.78 is 0. The molecule has 1 aromatic rings. The zero-order valence-corrected chi connectivity index (χ0v) is 11.8. The van der Waals surface area contributed by atoms with Gasteiger partial charge in [0.05, 0.1) is 0 Å². The number of aryl methyl sites for hydroxylation is 1. The lowest BCUT2D eigenvalue weighted by atomic mass is 9.93. The minimum absolute atomic E-state index is 0.582. The van der Waals surface area contributed by atoms with Gasteiger partial charge < -0.3 is 10.6 Å². The van der Waals surface area contributed by atoms with E-state index in [0.29, 0.717) is 12.6 Å². The molecule has 0 spiro atoms. The summed E-state index contributed by atoms with van der Waals surface area (Å²) >= 11 is 0. The van der Waals surface area contributed by atoms with E-state index in [9.17, 15) is 0 Å². The van der Waals surface area contributed by atoms with Gasteiger partial charge >= 0.3 is 0 Å². The first kappa shape index (κ1) is 13.3. The van der Waals surface area contributed by atoms with Crippen molar-refractivity contribution in [2.24, 2.45) is 11.7 Å². The number of hydrogen-bond acceptors (Lipinski definition) is 3. The molecule has 0 amide bonds. The van der Waals surface area contributed by atoms with Gasteiger partial charge in [-0.15, -0.1) is 0 Å². The maximum Gasteiger partial charge on any atom is 0.129 e. The summed E-state index contributed by atoms with van der Waals surface area (Å²) in [5.74, 6) is 1.95.